The Labute approximate surface area is 122 Å². The Morgan fingerprint density at radius 3 is 2.80 bits per heavy atom. The lowest BCUT2D eigenvalue weighted by atomic mass is 10.1. The number of hydrogen-bond donors (Lipinski definition) is 1. The van der Waals surface area contributed by atoms with Crippen molar-refractivity contribution in [2.75, 3.05) is 39.8 Å². The summed E-state index contributed by atoms with van der Waals surface area (Å²) < 4.78 is 5.57. The first-order chi connectivity index (χ1) is 9.49. The molecule has 0 aliphatic carbocycles. The molecule has 0 aromatic rings. The Balaban J connectivity index is 2.23. The van der Waals surface area contributed by atoms with E-state index in [1.54, 1.807) is 0 Å². The van der Waals surface area contributed by atoms with Crippen LogP contribution in [-0.2, 0) is 9.53 Å². The second kappa shape index (κ2) is 9.32. The monoisotopic (exact) mass is 286 g/mol. The van der Waals surface area contributed by atoms with Gasteiger partial charge in [-0.25, -0.2) is 0 Å². The molecule has 118 valence electrons. The Morgan fingerprint density at radius 1 is 1.40 bits per heavy atom. The summed E-state index contributed by atoms with van der Waals surface area (Å²) in [6.45, 7) is 8.38. The summed E-state index contributed by atoms with van der Waals surface area (Å²) in [5.41, 5.74) is 0. The Bertz CT molecular complexity index is 284. The fourth-order valence-electron chi connectivity index (χ4n) is 2.75. The van der Waals surface area contributed by atoms with Crippen molar-refractivity contribution in [2.24, 2.45) is 0 Å². The topological polar surface area (TPSA) is 53.0 Å². The molecule has 1 saturated heterocycles. The number of nitrogens with zero attached hydrogens (tertiary/aromatic N) is 2. The van der Waals surface area contributed by atoms with Crippen LogP contribution < -0.4 is 0 Å². The number of carboxylic acids is 1. The normalized spacial score (nSPS) is 21.4. The molecular formula is C15H30N2O3. The second-order valence-corrected chi connectivity index (χ2v) is 6.01. The third kappa shape index (κ3) is 7.22. The molecule has 0 aromatic heterocycles. The Kier molecular flexibility index (Phi) is 8.11. The summed E-state index contributed by atoms with van der Waals surface area (Å²) in [5.74, 6) is -0.737. The van der Waals surface area contributed by atoms with Gasteiger partial charge in [0.15, 0.2) is 0 Å². The molecule has 5 heteroatoms. The van der Waals surface area contributed by atoms with Gasteiger partial charge in [-0.15, -0.1) is 0 Å². The molecule has 0 bridgehead atoms. The van der Waals surface area contributed by atoms with Crippen LogP contribution in [0.1, 0.15) is 39.5 Å². The van der Waals surface area contributed by atoms with Gasteiger partial charge in [-0.2, -0.15) is 0 Å². The van der Waals surface area contributed by atoms with E-state index in [0.29, 0.717) is 12.1 Å². The maximum atomic E-state index is 10.8. The van der Waals surface area contributed by atoms with E-state index in [9.17, 15) is 4.79 Å². The molecule has 5 nitrogen and oxygen atoms in total. The highest BCUT2D eigenvalue weighted by Gasteiger charge is 2.21. The number of ether oxygens (including phenoxy) is 1. The SMILES string of the molecule is CC(C)OCCCN1CCCC(N(C)CC(=O)O)CC1. The van der Waals surface area contributed by atoms with Crippen molar-refractivity contribution < 1.29 is 14.6 Å². The number of carbonyl (C=O) groups is 1. The van der Waals surface area contributed by atoms with Crippen LogP contribution in [-0.4, -0.2) is 72.9 Å². The molecular weight excluding hydrogens is 256 g/mol. The molecule has 0 aromatic carbocycles. The van der Waals surface area contributed by atoms with Gasteiger partial charge in [-0.1, -0.05) is 0 Å². The van der Waals surface area contributed by atoms with E-state index in [-0.39, 0.29) is 6.54 Å². The number of rotatable bonds is 8. The average Bonchev–Trinajstić information content (AvgIpc) is 2.59. The highest BCUT2D eigenvalue weighted by molar-refractivity contribution is 5.69. The summed E-state index contributed by atoms with van der Waals surface area (Å²) in [6.07, 6.45) is 4.71. The molecule has 1 rings (SSSR count). The van der Waals surface area contributed by atoms with Crippen LogP contribution in [0.5, 0.6) is 0 Å². The predicted molar refractivity (Wildman–Crippen MR) is 80.0 cm³/mol. The zero-order chi connectivity index (χ0) is 15.0. The van der Waals surface area contributed by atoms with E-state index < -0.39 is 5.97 Å². The van der Waals surface area contributed by atoms with Crippen LogP contribution in [0.3, 0.4) is 0 Å². The lowest BCUT2D eigenvalue weighted by molar-refractivity contribution is -0.138. The van der Waals surface area contributed by atoms with Crippen molar-refractivity contribution in [3.8, 4) is 0 Å². The van der Waals surface area contributed by atoms with Gasteiger partial charge in [-0.05, 0) is 59.7 Å². The molecule has 0 saturated carbocycles. The van der Waals surface area contributed by atoms with Gasteiger partial charge < -0.3 is 14.7 Å². The third-order valence-corrected chi connectivity index (χ3v) is 3.87. The minimum Gasteiger partial charge on any atom is -0.480 e. The van der Waals surface area contributed by atoms with E-state index in [2.05, 4.69) is 18.7 Å². The minimum absolute atomic E-state index is 0.146. The van der Waals surface area contributed by atoms with Crippen LogP contribution in [0.15, 0.2) is 0 Å². The average molecular weight is 286 g/mol. The third-order valence-electron chi connectivity index (χ3n) is 3.87. The molecule has 1 atom stereocenters. The first-order valence-corrected chi connectivity index (χ1v) is 7.75. The summed E-state index contributed by atoms with van der Waals surface area (Å²) in [4.78, 5) is 15.2. The number of hydrogen-bond acceptors (Lipinski definition) is 4. The molecule has 0 radical (unpaired) electrons. The number of aliphatic carboxylic acids is 1. The zero-order valence-electron chi connectivity index (χ0n) is 13.2. The summed E-state index contributed by atoms with van der Waals surface area (Å²) >= 11 is 0. The van der Waals surface area contributed by atoms with E-state index in [1.807, 2.05) is 11.9 Å². The van der Waals surface area contributed by atoms with Crippen LogP contribution in [0.25, 0.3) is 0 Å². The summed E-state index contributed by atoms with van der Waals surface area (Å²) in [6, 6.07) is 0.406. The van der Waals surface area contributed by atoms with Gasteiger partial charge in [0, 0.05) is 19.2 Å². The van der Waals surface area contributed by atoms with Crippen LogP contribution in [0, 0.1) is 0 Å². The lowest BCUT2D eigenvalue weighted by Gasteiger charge is -2.25. The first kappa shape index (κ1) is 17.4. The highest BCUT2D eigenvalue weighted by Crippen LogP contribution is 2.15. The minimum atomic E-state index is -0.737. The van der Waals surface area contributed by atoms with E-state index in [0.717, 1.165) is 51.9 Å². The maximum absolute atomic E-state index is 10.8. The van der Waals surface area contributed by atoms with Crippen molar-refractivity contribution in [3.63, 3.8) is 0 Å². The van der Waals surface area contributed by atoms with Gasteiger partial charge in [0.1, 0.15) is 0 Å². The van der Waals surface area contributed by atoms with E-state index in [4.69, 9.17) is 9.84 Å². The second-order valence-electron chi connectivity index (χ2n) is 6.01. The Hall–Kier alpha value is -0.650. The molecule has 0 spiro atoms. The molecule has 1 heterocycles. The lowest BCUT2D eigenvalue weighted by Crippen LogP contribution is -2.36. The highest BCUT2D eigenvalue weighted by atomic mass is 16.5. The molecule has 1 aliphatic heterocycles. The van der Waals surface area contributed by atoms with Crippen LogP contribution in [0.4, 0.5) is 0 Å². The standard InChI is InChI=1S/C15H30N2O3/c1-13(2)20-11-5-9-17-8-4-6-14(7-10-17)16(3)12-15(18)19/h13-14H,4-12H2,1-3H3,(H,18,19). The molecule has 1 unspecified atom stereocenters. The smallest absolute Gasteiger partial charge is 0.317 e. The van der Waals surface area contributed by atoms with Gasteiger partial charge in [0.25, 0.3) is 0 Å². The fourth-order valence-corrected chi connectivity index (χ4v) is 2.75. The summed E-state index contributed by atoms with van der Waals surface area (Å²) in [5, 5.41) is 8.86. The maximum Gasteiger partial charge on any atom is 0.317 e. The molecule has 1 fully saturated rings. The van der Waals surface area contributed by atoms with Crippen molar-refractivity contribution >= 4 is 5.97 Å². The number of carboxylic acid groups (broad SMARTS) is 1. The summed E-state index contributed by atoms with van der Waals surface area (Å²) in [7, 11) is 1.92. The van der Waals surface area contributed by atoms with E-state index in [1.165, 1.54) is 0 Å². The van der Waals surface area contributed by atoms with Gasteiger partial charge in [0.05, 0.1) is 12.6 Å². The predicted octanol–water partition coefficient (Wildman–Crippen LogP) is 1.67. The Morgan fingerprint density at radius 2 is 2.15 bits per heavy atom. The quantitative estimate of drug-likeness (QED) is 0.688. The number of likely N-dealkylation sites (N-methyl/N-ethyl adjacent to an activating group) is 1. The van der Waals surface area contributed by atoms with Gasteiger partial charge in [-0.3, -0.25) is 9.69 Å². The van der Waals surface area contributed by atoms with Gasteiger partial charge in [0.2, 0.25) is 0 Å². The van der Waals surface area contributed by atoms with Crippen LogP contribution >= 0.6 is 0 Å². The van der Waals surface area contributed by atoms with Crippen molar-refractivity contribution in [3.05, 3.63) is 0 Å². The van der Waals surface area contributed by atoms with E-state index >= 15 is 0 Å². The number of likely N-dealkylation sites (tertiary alicyclic amines) is 1. The molecule has 20 heavy (non-hydrogen) atoms. The first-order valence-electron chi connectivity index (χ1n) is 7.75. The van der Waals surface area contributed by atoms with Crippen molar-refractivity contribution in [1.29, 1.82) is 0 Å². The van der Waals surface area contributed by atoms with Crippen LogP contribution in [0.2, 0.25) is 0 Å². The van der Waals surface area contributed by atoms with Crippen molar-refractivity contribution in [2.45, 2.75) is 51.7 Å². The van der Waals surface area contributed by atoms with Crippen molar-refractivity contribution in [1.82, 2.24) is 9.80 Å². The largest absolute Gasteiger partial charge is 0.480 e. The van der Waals surface area contributed by atoms with Gasteiger partial charge >= 0.3 is 5.97 Å². The molecule has 1 aliphatic rings. The molecule has 0 amide bonds. The molecule has 1 N–H and O–H groups in total. The zero-order valence-corrected chi connectivity index (χ0v) is 13.2. The fraction of sp³-hybridized carbons (Fsp3) is 0.933.